The minimum atomic E-state index is -0.559. The van der Waals surface area contributed by atoms with Gasteiger partial charge in [-0.05, 0) is 23.8 Å². The predicted molar refractivity (Wildman–Crippen MR) is 88.7 cm³/mol. The number of nitriles is 1. The largest absolute Gasteiger partial charge is 0.381 e. The van der Waals surface area contributed by atoms with E-state index < -0.39 is 4.92 Å². The molecular weight excluding hydrogens is 306 g/mol. The Morgan fingerprint density at radius 3 is 2.83 bits per heavy atom. The molecule has 0 unspecified atom stereocenters. The minimum Gasteiger partial charge on any atom is -0.381 e. The third-order valence-electron chi connectivity index (χ3n) is 3.57. The number of hydrogen-bond donors (Lipinski definition) is 1. The van der Waals surface area contributed by atoms with Crippen molar-refractivity contribution in [3.05, 3.63) is 82.4 Å². The van der Waals surface area contributed by atoms with Crippen LogP contribution in [0.5, 0.6) is 0 Å². The van der Waals surface area contributed by atoms with Gasteiger partial charge in [-0.15, -0.1) is 0 Å². The molecule has 0 radical (unpaired) electrons. The van der Waals surface area contributed by atoms with Crippen LogP contribution in [0.1, 0.15) is 11.1 Å². The Balaban J connectivity index is 1.83. The van der Waals surface area contributed by atoms with Gasteiger partial charge >= 0.3 is 0 Å². The lowest BCUT2D eigenvalue weighted by atomic mass is 10.1. The molecular formula is C17H13N5O2. The van der Waals surface area contributed by atoms with Crippen molar-refractivity contribution >= 4 is 11.4 Å². The fourth-order valence-electron chi connectivity index (χ4n) is 2.41. The number of rotatable bonds is 5. The second-order valence-corrected chi connectivity index (χ2v) is 5.05. The van der Waals surface area contributed by atoms with Gasteiger partial charge in [-0.2, -0.15) is 5.26 Å². The monoisotopic (exact) mass is 319 g/mol. The van der Waals surface area contributed by atoms with Crippen LogP contribution < -0.4 is 5.32 Å². The van der Waals surface area contributed by atoms with Crippen LogP contribution in [-0.4, -0.2) is 14.5 Å². The van der Waals surface area contributed by atoms with Crippen LogP contribution >= 0.6 is 0 Å². The van der Waals surface area contributed by atoms with E-state index in [2.05, 4.69) is 10.3 Å². The summed E-state index contributed by atoms with van der Waals surface area (Å²) in [4.78, 5) is 14.4. The summed E-state index contributed by atoms with van der Waals surface area (Å²) >= 11 is 0. The van der Waals surface area contributed by atoms with Gasteiger partial charge in [0, 0.05) is 30.7 Å². The molecule has 3 rings (SSSR count). The lowest BCUT2D eigenvalue weighted by Gasteiger charge is -2.12. The highest BCUT2D eigenvalue weighted by molar-refractivity contribution is 5.59. The minimum absolute atomic E-state index is 0.0351. The molecule has 0 spiro atoms. The van der Waals surface area contributed by atoms with Crippen molar-refractivity contribution < 1.29 is 4.92 Å². The number of nitrogens with one attached hydrogen (secondary N) is 1. The Hall–Kier alpha value is -3.66. The summed E-state index contributed by atoms with van der Waals surface area (Å²) in [5.74, 6) is 0. The lowest BCUT2D eigenvalue weighted by Crippen LogP contribution is -2.04. The quantitative estimate of drug-likeness (QED) is 0.575. The van der Waals surface area contributed by atoms with E-state index in [-0.39, 0.29) is 11.3 Å². The summed E-state index contributed by atoms with van der Waals surface area (Å²) in [6.07, 6.45) is 5.29. The predicted octanol–water partition coefficient (Wildman–Crippen LogP) is 3.26. The number of nitrogens with zero attached hydrogens (tertiary/aromatic N) is 4. The molecule has 0 atom stereocenters. The van der Waals surface area contributed by atoms with Crippen molar-refractivity contribution in [2.45, 2.75) is 6.54 Å². The number of para-hydroxylation sites is 1. The maximum atomic E-state index is 10.9. The topological polar surface area (TPSA) is 96.8 Å². The van der Waals surface area contributed by atoms with Gasteiger partial charge < -0.3 is 9.88 Å². The van der Waals surface area contributed by atoms with Crippen molar-refractivity contribution in [2.75, 3.05) is 5.32 Å². The molecule has 3 aromatic rings. The van der Waals surface area contributed by atoms with Crippen LogP contribution in [0.15, 0.2) is 61.2 Å². The van der Waals surface area contributed by atoms with Crippen molar-refractivity contribution in [2.24, 2.45) is 0 Å². The third-order valence-corrected chi connectivity index (χ3v) is 3.57. The molecule has 1 heterocycles. The normalized spacial score (nSPS) is 10.1. The molecule has 1 N–H and O–H groups in total. The number of aromatic nitrogens is 2. The molecule has 0 amide bonds. The number of imidazole rings is 1. The Morgan fingerprint density at radius 2 is 2.12 bits per heavy atom. The van der Waals surface area contributed by atoms with E-state index in [4.69, 9.17) is 5.26 Å². The van der Waals surface area contributed by atoms with Crippen molar-refractivity contribution in [1.29, 1.82) is 5.26 Å². The molecule has 1 aromatic heterocycles. The number of nitro groups is 1. The molecule has 0 aliphatic rings. The van der Waals surface area contributed by atoms with Gasteiger partial charge in [-0.1, -0.05) is 18.2 Å². The first kappa shape index (κ1) is 15.2. The lowest BCUT2D eigenvalue weighted by molar-refractivity contribution is -0.385. The fraction of sp³-hybridized carbons (Fsp3) is 0.0588. The van der Waals surface area contributed by atoms with E-state index in [1.165, 1.54) is 12.1 Å². The van der Waals surface area contributed by atoms with Crippen LogP contribution in [0.25, 0.3) is 5.69 Å². The molecule has 0 saturated carbocycles. The van der Waals surface area contributed by atoms with Crippen LogP contribution in [0.3, 0.4) is 0 Å². The second kappa shape index (κ2) is 6.62. The zero-order valence-corrected chi connectivity index (χ0v) is 12.6. The summed E-state index contributed by atoms with van der Waals surface area (Å²) in [6, 6.07) is 14.1. The smallest absolute Gasteiger partial charge is 0.287 e. The average molecular weight is 319 g/mol. The number of benzene rings is 2. The Kier molecular flexibility index (Phi) is 4.21. The maximum Gasteiger partial charge on any atom is 0.287 e. The highest BCUT2D eigenvalue weighted by atomic mass is 16.6. The van der Waals surface area contributed by atoms with E-state index in [1.807, 2.05) is 41.1 Å². The van der Waals surface area contributed by atoms with E-state index >= 15 is 0 Å². The zero-order chi connectivity index (χ0) is 16.9. The van der Waals surface area contributed by atoms with E-state index in [0.717, 1.165) is 11.3 Å². The number of hydrogen-bond acceptors (Lipinski definition) is 5. The van der Waals surface area contributed by atoms with Crippen LogP contribution in [0.2, 0.25) is 0 Å². The molecule has 0 saturated heterocycles. The summed E-state index contributed by atoms with van der Waals surface area (Å²) in [5, 5.41) is 23.1. The van der Waals surface area contributed by atoms with Crippen LogP contribution in [0, 0.1) is 21.4 Å². The van der Waals surface area contributed by atoms with E-state index in [0.29, 0.717) is 12.2 Å². The van der Waals surface area contributed by atoms with Gasteiger partial charge in [-0.3, -0.25) is 10.1 Å². The molecule has 0 aliphatic heterocycles. The van der Waals surface area contributed by atoms with E-state index in [1.54, 1.807) is 18.6 Å². The van der Waals surface area contributed by atoms with Crippen molar-refractivity contribution in [3.8, 4) is 11.8 Å². The summed E-state index contributed by atoms with van der Waals surface area (Å²) < 4.78 is 1.91. The Morgan fingerprint density at radius 1 is 1.29 bits per heavy atom. The molecule has 118 valence electrons. The first-order chi connectivity index (χ1) is 11.7. The van der Waals surface area contributed by atoms with Gasteiger partial charge in [0.05, 0.1) is 16.9 Å². The third kappa shape index (κ3) is 3.08. The summed E-state index contributed by atoms with van der Waals surface area (Å²) in [5.41, 5.74) is 2.52. The highest BCUT2D eigenvalue weighted by Crippen LogP contribution is 2.23. The zero-order valence-electron chi connectivity index (χ0n) is 12.6. The first-order valence-corrected chi connectivity index (χ1v) is 7.17. The number of nitro benzene ring substituents is 1. The Labute approximate surface area is 138 Å². The first-order valence-electron chi connectivity index (χ1n) is 7.17. The SMILES string of the molecule is N#Cc1cc(NCc2ccccc2-n2ccnc2)ccc1[N+](=O)[O-]. The molecule has 0 fully saturated rings. The molecule has 24 heavy (non-hydrogen) atoms. The van der Waals surface area contributed by atoms with Crippen LogP contribution in [-0.2, 0) is 6.54 Å². The van der Waals surface area contributed by atoms with Gasteiger partial charge in [0.25, 0.3) is 5.69 Å². The van der Waals surface area contributed by atoms with Crippen molar-refractivity contribution in [1.82, 2.24) is 9.55 Å². The van der Waals surface area contributed by atoms with E-state index in [9.17, 15) is 10.1 Å². The standard InChI is InChI=1S/C17H13N5O2/c18-10-14-9-15(5-6-17(14)22(23)24)20-11-13-3-1-2-4-16(13)21-8-7-19-12-21/h1-9,12,20H,11H2. The molecule has 7 nitrogen and oxygen atoms in total. The Bertz CT molecular complexity index is 913. The average Bonchev–Trinajstić information content (AvgIpc) is 3.14. The highest BCUT2D eigenvalue weighted by Gasteiger charge is 2.13. The molecule has 0 bridgehead atoms. The second-order valence-electron chi connectivity index (χ2n) is 5.05. The maximum absolute atomic E-state index is 10.9. The molecule has 0 aliphatic carbocycles. The van der Waals surface area contributed by atoms with Gasteiger partial charge in [0.15, 0.2) is 0 Å². The molecule has 7 heteroatoms. The van der Waals surface area contributed by atoms with Crippen molar-refractivity contribution in [3.63, 3.8) is 0 Å². The van der Waals surface area contributed by atoms with Crippen LogP contribution in [0.4, 0.5) is 11.4 Å². The molecule has 2 aromatic carbocycles. The summed E-state index contributed by atoms with van der Waals surface area (Å²) in [7, 11) is 0. The van der Waals surface area contributed by atoms with Gasteiger partial charge in [0.1, 0.15) is 11.6 Å². The van der Waals surface area contributed by atoms with Gasteiger partial charge in [-0.25, -0.2) is 4.98 Å². The summed E-state index contributed by atoms with van der Waals surface area (Å²) in [6.45, 7) is 0.511. The number of anilines is 1. The van der Waals surface area contributed by atoms with Gasteiger partial charge in [0.2, 0.25) is 0 Å². The fourth-order valence-corrected chi connectivity index (χ4v) is 2.41.